The summed E-state index contributed by atoms with van der Waals surface area (Å²) in [6, 6.07) is 15.8. The second-order valence-electron chi connectivity index (χ2n) is 7.67. The molecule has 0 bridgehead atoms. The number of hydrogen-bond acceptors (Lipinski definition) is 4. The average molecular weight is 560 g/mol. The number of fused-ring (bicyclic) bond motifs is 3. The maximum absolute atomic E-state index is 6.72. The summed E-state index contributed by atoms with van der Waals surface area (Å²) in [6.45, 7) is 7.98. The number of benzene rings is 3. The molecule has 0 aromatic heterocycles. The zero-order valence-electron chi connectivity index (χ0n) is 17.7. The standard InChI is InChI=1S/C24H24N2O2.2ClH.Sn/c1-15-9-17(3)23(27)19(11-15)13-25-21-7-5-6-8-22(21)26-14-20-12-16(2)10-18(4)24(20)28;;;/h5-14,27-28H,1-4H3;2*1H;/q;;;+4/p-4. The third-order valence-corrected chi connectivity index (χ3v) is 9.50. The SMILES string of the molecule is Cc1cc(C)c2c(c1)C=Nc1ccccc1N=Cc1cc(C)cc(C)c1[O][Sn]([Cl])([Cl])[O]2. The van der Waals surface area contributed by atoms with Gasteiger partial charge in [0, 0.05) is 0 Å². The normalized spacial score (nSPS) is 14.6. The fourth-order valence-electron chi connectivity index (χ4n) is 3.66. The number of nitrogens with zero attached hydrogens (tertiary/aromatic N) is 2. The van der Waals surface area contributed by atoms with E-state index in [9.17, 15) is 0 Å². The number of rotatable bonds is 0. The van der Waals surface area contributed by atoms with Crippen LogP contribution in [0.5, 0.6) is 11.5 Å². The van der Waals surface area contributed by atoms with E-state index in [1.807, 2.05) is 76.2 Å². The summed E-state index contributed by atoms with van der Waals surface area (Å²) in [4.78, 5) is 9.38. The molecule has 3 aromatic carbocycles. The van der Waals surface area contributed by atoms with Gasteiger partial charge < -0.3 is 0 Å². The quantitative estimate of drug-likeness (QED) is 0.276. The molecule has 3 aromatic rings. The van der Waals surface area contributed by atoms with E-state index >= 15 is 0 Å². The molecule has 158 valence electrons. The van der Waals surface area contributed by atoms with Crippen LogP contribution in [0.2, 0.25) is 0 Å². The number of aryl methyl sites for hydroxylation is 4. The summed E-state index contributed by atoms with van der Waals surface area (Å²) < 4.78 is 12.4. The third kappa shape index (κ3) is 5.08. The molecule has 0 spiro atoms. The zero-order valence-corrected chi connectivity index (χ0v) is 22.1. The van der Waals surface area contributed by atoms with Gasteiger partial charge in [0.15, 0.2) is 0 Å². The molecule has 1 heterocycles. The molecule has 4 rings (SSSR count). The van der Waals surface area contributed by atoms with E-state index in [2.05, 4.69) is 0 Å². The third-order valence-electron chi connectivity index (χ3n) is 4.90. The number of para-hydroxylation sites is 2. The van der Waals surface area contributed by atoms with Gasteiger partial charge in [-0.05, 0) is 0 Å². The Hall–Kier alpha value is -2.02. The first-order valence-corrected chi connectivity index (χ1v) is 19.4. The van der Waals surface area contributed by atoms with Gasteiger partial charge in [-0.3, -0.25) is 0 Å². The van der Waals surface area contributed by atoms with E-state index in [0.717, 1.165) is 44.8 Å². The molecule has 1 aliphatic heterocycles. The Morgan fingerprint density at radius 2 is 1.10 bits per heavy atom. The molecule has 0 saturated carbocycles. The van der Waals surface area contributed by atoms with Crippen molar-refractivity contribution < 1.29 is 6.15 Å². The summed E-state index contributed by atoms with van der Waals surface area (Å²) in [5.41, 5.74) is 7.11. The summed E-state index contributed by atoms with van der Waals surface area (Å²) >= 11 is -4.51. The first-order valence-electron chi connectivity index (χ1n) is 9.87. The fourth-order valence-corrected chi connectivity index (χ4v) is 8.80. The molecule has 31 heavy (non-hydrogen) atoms. The van der Waals surface area contributed by atoms with Gasteiger partial charge in [-0.2, -0.15) is 0 Å². The Bertz CT molecular complexity index is 1130. The Kier molecular flexibility index (Phi) is 6.33. The monoisotopic (exact) mass is 560 g/mol. The van der Waals surface area contributed by atoms with Gasteiger partial charge in [0.05, 0.1) is 0 Å². The van der Waals surface area contributed by atoms with Crippen molar-refractivity contribution in [2.24, 2.45) is 9.98 Å². The molecule has 0 unspecified atom stereocenters. The van der Waals surface area contributed by atoms with Crippen molar-refractivity contribution in [2.75, 3.05) is 0 Å². The predicted molar refractivity (Wildman–Crippen MR) is 131 cm³/mol. The molecule has 7 heteroatoms. The predicted octanol–water partition coefficient (Wildman–Crippen LogP) is 7.11. The van der Waals surface area contributed by atoms with Crippen molar-refractivity contribution in [3.63, 3.8) is 0 Å². The molecule has 0 radical (unpaired) electrons. The molecule has 0 aliphatic carbocycles. The second-order valence-corrected chi connectivity index (χ2v) is 19.5. The van der Waals surface area contributed by atoms with Crippen molar-refractivity contribution in [3.05, 3.63) is 81.9 Å². The van der Waals surface area contributed by atoms with Crippen LogP contribution < -0.4 is 6.15 Å². The van der Waals surface area contributed by atoms with Crippen LogP contribution in [-0.4, -0.2) is 29.4 Å². The zero-order chi connectivity index (χ0) is 22.2. The van der Waals surface area contributed by atoms with E-state index in [1.165, 1.54) is 0 Å². The Balaban J connectivity index is 1.96. The van der Waals surface area contributed by atoms with Gasteiger partial charge in [0.1, 0.15) is 0 Å². The summed E-state index contributed by atoms with van der Waals surface area (Å²) in [6.07, 6.45) is 3.53. The second kappa shape index (κ2) is 8.85. The van der Waals surface area contributed by atoms with Crippen LogP contribution in [0.15, 0.2) is 58.5 Å². The van der Waals surface area contributed by atoms with Crippen LogP contribution in [-0.2, 0) is 0 Å². The molecule has 0 atom stereocenters. The van der Waals surface area contributed by atoms with Crippen molar-refractivity contribution in [2.45, 2.75) is 27.7 Å². The first-order chi connectivity index (χ1) is 14.7. The fraction of sp³-hybridized carbons (Fsp3) is 0.167. The minimum absolute atomic E-state index is 0.596. The Labute approximate surface area is 195 Å². The summed E-state index contributed by atoms with van der Waals surface area (Å²) in [5, 5.41) is 0. The van der Waals surface area contributed by atoms with Gasteiger partial charge in [0.25, 0.3) is 0 Å². The van der Waals surface area contributed by atoms with Gasteiger partial charge in [-0.15, -0.1) is 0 Å². The summed E-state index contributed by atoms with van der Waals surface area (Å²) in [7, 11) is 13.4. The van der Waals surface area contributed by atoms with Crippen LogP contribution in [0.25, 0.3) is 0 Å². The Morgan fingerprint density at radius 1 is 0.677 bits per heavy atom. The summed E-state index contributed by atoms with van der Waals surface area (Å²) in [5.74, 6) is 1.19. The van der Waals surface area contributed by atoms with E-state index in [0.29, 0.717) is 11.5 Å². The number of aliphatic imine (C=N–C) groups is 2. The van der Waals surface area contributed by atoms with Crippen LogP contribution in [0.4, 0.5) is 11.4 Å². The van der Waals surface area contributed by atoms with Crippen molar-refractivity contribution >= 4 is 58.6 Å². The first kappa shape index (κ1) is 22.2. The topological polar surface area (TPSA) is 43.2 Å². The van der Waals surface area contributed by atoms with E-state index in [-0.39, 0.29) is 0 Å². The van der Waals surface area contributed by atoms with E-state index in [4.69, 9.17) is 34.0 Å². The van der Waals surface area contributed by atoms with E-state index < -0.39 is 17.0 Å². The van der Waals surface area contributed by atoms with Crippen molar-refractivity contribution in [1.29, 1.82) is 0 Å². The molecule has 0 saturated heterocycles. The van der Waals surface area contributed by atoms with Crippen molar-refractivity contribution in [1.82, 2.24) is 0 Å². The number of hydrogen-bond donors (Lipinski definition) is 0. The van der Waals surface area contributed by atoms with Crippen LogP contribution in [0, 0.1) is 27.7 Å². The molecule has 4 nitrogen and oxygen atoms in total. The van der Waals surface area contributed by atoms with Crippen LogP contribution in [0.1, 0.15) is 33.4 Å². The van der Waals surface area contributed by atoms with Gasteiger partial charge >= 0.3 is 196 Å². The average Bonchev–Trinajstić information content (AvgIpc) is 2.70. The minimum atomic E-state index is -4.51. The van der Waals surface area contributed by atoms with E-state index in [1.54, 1.807) is 12.4 Å². The van der Waals surface area contributed by atoms with Crippen molar-refractivity contribution in [3.8, 4) is 11.5 Å². The molecule has 0 N–H and O–H groups in total. The number of halogens is 2. The van der Waals surface area contributed by atoms with Gasteiger partial charge in [-0.1, -0.05) is 0 Å². The Morgan fingerprint density at radius 3 is 1.52 bits per heavy atom. The van der Waals surface area contributed by atoms with Gasteiger partial charge in [-0.25, -0.2) is 0 Å². The van der Waals surface area contributed by atoms with Crippen LogP contribution >= 0.6 is 17.8 Å². The molecular formula is C24H22Cl2N2O2Sn. The molecule has 0 fully saturated rings. The molecule has 1 aliphatic rings. The van der Waals surface area contributed by atoms with Gasteiger partial charge in [0.2, 0.25) is 0 Å². The molecular weight excluding hydrogens is 538 g/mol. The van der Waals surface area contributed by atoms with Crippen LogP contribution in [0.3, 0.4) is 0 Å². The maximum atomic E-state index is 6.72. The molecule has 0 amide bonds.